The summed E-state index contributed by atoms with van der Waals surface area (Å²) in [7, 11) is 7.29. The summed E-state index contributed by atoms with van der Waals surface area (Å²) >= 11 is 0. The zero-order chi connectivity index (χ0) is 19.3. The lowest BCUT2D eigenvalue weighted by atomic mass is 9.97. The van der Waals surface area contributed by atoms with Crippen molar-refractivity contribution in [2.45, 2.75) is 0 Å². The maximum Gasteiger partial charge on any atom is 0.203 e. The molecule has 7 nitrogen and oxygen atoms in total. The molecular formula is C19H20O7. The third-order valence-corrected chi connectivity index (χ3v) is 3.85. The van der Waals surface area contributed by atoms with E-state index in [1.165, 1.54) is 59.8 Å². The van der Waals surface area contributed by atoms with E-state index in [1.54, 1.807) is 0 Å². The van der Waals surface area contributed by atoms with Crippen LogP contribution in [0.3, 0.4) is 0 Å². The molecule has 0 aromatic heterocycles. The van der Waals surface area contributed by atoms with Gasteiger partial charge in [-0.05, 0) is 24.3 Å². The van der Waals surface area contributed by atoms with Gasteiger partial charge in [-0.15, -0.1) is 0 Å². The van der Waals surface area contributed by atoms with Crippen LogP contribution in [0.4, 0.5) is 0 Å². The molecule has 0 bridgehead atoms. The molecule has 2 rings (SSSR count). The van der Waals surface area contributed by atoms with Crippen LogP contribution in [-0.4, -0.2) is 47.6 Å². The van der Waals surface area contributed by atoms with Crippen LogP contribution in [0.5, 0.6) is 28.7 Å². The summed E-state index contributed by atoms with van der Waals surface area (Å²) in [5, 5.41) is 0. The van der Waals surface area contributed by atoms with Gasteiger partial charge in [-0.3, -0.25) is 9.59 Å². The van der Waals surface area contributed by atoms with E-state index in [1.807, 2.05) is 0 Å². The first-order valence-electron chi connectivity index (χ1n) is 7.60. The highest BCUT2D eigenvalue weighted by Gasteiger charge is 2.22. The predicted molar refractivity (Wildman–Crippen MR) is 94.5 cm³/mol. The Bertz CT molecular complexity index is 802. The van der Waals surface area contributed by atoms with E-state index >= 15 is 0 Å². The van der Waals surface area contributed by atoms with E-state index in [0.29, 0.717) is 35.0 Å². The molecule has 0 amide bonds. The lowest BCUT2D eigenvalue weighted by molar-refractivity contribution is 0.102. The number of hydrogen-bond acceptors (Lipinski definition) is 7. The zero-order valence-corrected chi connectivity index (χ0v) is 15.2. The number of carbonyl (C=O) groups excluding carboxylic acids is 2. The molecule has 26 heavy (non-hydrogen) atoms. The quantitative estimate of drug-likeness (QED) is 0.529. The van der Waals surface area contributed by atoms with E-state index in [0.717, 1.165) is 0 Å². The van der Waals surface area contributed by atoms with Crippen molar-refractivity contribution in [1.82, 2.24) is 0 Å². The number of hydrogen-bond donors (Lipinski definition) is 0. The predicted octanol–water partition coefficient (Wildman–Crippen LogP) is 2.77. The molecule has 2 aromatic rings. The first-order chi connectivity index (χ1) is 12.5. The van der Waals surface area contributed by atoms with Gasteiger partial charge in [0.1, 0.15) is 0 Å². The van der Waals surface area contributed by atoms with E-state index in [4.69, 9.17) is 23.7 Å². The van der Waals surface area contributed by atoms with Gasteiger partial charge in [0.05, 0.1) is 35.5 Å². The molecule has 0 saturated heterocycles. The summed E-state index contributed by atoms with van der Waals surface area (Å²) < 4.78 is 26.2. The first-order valence-corrected chi connectivity index (χ1v) is 7.60. The summed E-state index contributed by atoms with van der Waals surface area (Å²) in [4.78, 5) is 24.5. The summed E-state index contributed by atoms with van der Waals surface area (Å²) in [6, 6.07) is 5.97. The highest BCUT2D eigenvalue weighted by molar-refractivity contribution is 6.13. The Morgan fingerprint density at radius 1 is 0.731 bits per heavy atom. The number of carbonyl (C=O) groups is 2. The molecule has 0 saturated carbocycles. The second kappa shape index (κ2) is 8.24. The Morgan fingerprint density at radius 2 is 1.23 bits per heavy atom. The van der Waals surface area contributed by atoms with Gasteiger partial charge >= 0.3 is 0 Å². The van der Waals surface area contributed by atoms with Crippen molar-refractivity contribution in [3.8, 4) is 28.7 Å². The average Bonchev–Trinajstić information content (AvgIpc) is 2.70. The van der Waals surface area contributed by atoms with Crippen LogP contribution >= 0.6 is 0 Å². The normalized spacial score (nSPS) is 10.0. The molecule has 0 heterocycles. The van der Waals surface area contributed by atoms with Gasteiger partial charge in [-0.1, -0.05) is 0 Å². The number of ketones is 1. The van der Waals surface area contributed by atoms with Gasteiger partial charge in [-0.2, -0.15) is 0 Å². The molecular weight excluding hydrogens is 340 g/mol. The Morgan fingerprint density at radius 3 is 1.65 bits per heavy atom. The van der Waals surface area contributed by atoms with Gasteiger partial charge in [0.25, 0.3) is 0 Å². The van der Waals surface area contributed by atoms with Gasteiger partial charge in [0.15, 0.2) is 35.1 Å². The summed E-state index contributed by atoms with van der Waals surface area (Å²) in [5.41, 5.74) is 0.628. The van der Waals surface area contributed by atoms with Gasteiger partial charge < -0.3 is 23.7 Å². The first kappa shape index (κ1) is 19.1. The molecule has 0 aliphatic heterocycles. The van der Waals surface area contributed by atoms with Crippen molar-refractivity contribution >= 4 is 12.1 Å². The summed E-state index contributed by atoms with van der Waals surface area (Å²) in [6.07, 6.45) is 0.590. The van der Waals surface area contributed by atoms with Gasteiger partial charge in [-0.25, -0.2) is 0 Å². The lowest BCUT2D eigenvalue weighted by Crippen LogP contribution is -2.08. The van der Waals surface area contributed by atoms with E-state index in [2.05, 4.69) is 0 Å². The molecule has 0 unspecified atom stereocenters. The Labute approximate surface area is 151 Å². The summed E-state index contributed by atoms with van der Waals surface area (Å²) in [5.74, 6) is 1.35. The van der Waals surface area contributed by atoms with Crippen molar-refractivity contribution < 1.29 is 33.3 Å². The minimum atomic E-state index is -0.396. The van der Waals surface area contributed by atoms with Crippen LogP contribution in [0, 0.1) is 0 Å². The van der Waals surface area contributed by atoms with E-state index < -0.39 is 5.78 Å². The molecule has 0 fully saturated rings. The minimum Gasteiger partial charge on any atom is -0.493 e. The summed E-state index contributed by atoms with van der Waals surface area (Å²) in [6.45, 7) is 0. The molecule has 0 spiro atoms. The zero-order valence-electron chi connectivity index (χ0n) is 15.2. The number of benzene rings is 2. The van der Waals surface area contributed by atoms with Crippen molar-refractivity contribution in [3.63, 3.8) is 0 Å². The van der Waals surface area contributed by atoms with E-state index in [9.17, 15) is 9.59 Å². The van der Waals surface area contributed by atoms with Crippen molar-refractivity contribution in [1.29, 1.82) is 0 Å². The minimum absolute atomic E-state index is 0.173. The maximum atomic E-state index is 13.0. The van der Waals surface area contributed by atoms with Crippen LogP contribution in [0.2, 0.25) is 0 Å². The Balaban J connectivity index is 2.64. The SMILES string of the molecule is COc1cc(C=O)c(C(=O)c2cc(OC)c(OC)c(OC)c2)cc1OC. The van der Waals surface area contributed by atoms with Gasteiger partial charge in [0, 0.05) is 16.7 Å². The largest absolute Gasteiger partial charge is 0.493 e. The van der Waals surface area contributed by atoms with Gasteiger partial charge in [0.2, 0.25) is 5.75 Å². The number of ether oxygens (including phenoxy) is 5. The van der Waals surface area contributed by atoms with Crippen LogP contribution in [-0.2, 0) is 0 Å². The molecule has 7 heteroatoms. The molecule has 0 aliphatic carbocycles. The maximum absolute atomic E-state index is 13.0. The smallest absolute Gasteiger partial charge is 0.203 e. The van der Waals surface area contributed by atoms with Crippen molar-refractivity contribution in [2.24, 2.45) is 0 Å². The van der Waals surface area contributed by atoms with Crippen molar-refractivity contribution in [2.75, 3.05) is 35.5 Å². The standard InChI is InChI=1S/C19H20O7/c1-22-14-8-12(10-20)13(9-15(14)23-2)18(21)11-6-16(24-3)19(26-5)17(7-11)25-4/h6-10H,1-5H3. The monoisotopic (exact) mass is 360 g/mol. The number of aldehydes is 1. The lowest BCUT2D eigenvalue weighted by Gasteiger charge is -2.15. The fraction of sp³-hybridized carbons (Fsp3) is 0.263. The van der Waals surface area contributed by atoms with Crippen LogP contribution in [0.25, 0.3) is 0 Å². The highest BCUT2D eigenvalue weighted by Crippen LogP contribution is 2.39. The molecule has 0 aliphatic rings. The number of methoxy groups -OCH3 is 5. The Kier molecular flexibility index (Phi) is 6.06. The number of rotatable bonds is 8. The second-order valence-electron chi connectivity index (χ2n) is 5.16. The highest BCUT2D eigenvalue weighted by atomic mass is 16.5. The molecule has 0 N–H and O–H groups in total. The third kappa shape index (κ3) is 3.42. The van der Waals surface area contributed by atoms with Crippen LogP contribution in [0.1, 0.15) is 26.3 Å². The average molecular weight is 360 g/mol. The topological polar surface area (TPSA) is 80.3 Å². The fourth-order valence-corrected chi connectivity index (χ4v) is 2.56. The second-order valence-corrected chi connectivity index (χ2v) is 5.16. The van der Waals surface area contributed by atoms with Crippen LogP contribution in [0.15, 0.2) is 24.3 Å². The fourth-order valence-electron chi connectivity index (χ4n) is 2.56. The molecule has 2 aromatic carbocycles. The Hall–Kier alpha value is -3.22. The van der Waals surface area contributed by atoms with E-state index in [-0.39, 0.29) is 16.7 Å². The molecule has 0 radical (unpaired) electrons. The van der Waals surface area contributed by atoms with Crippen LogP contribution < -0.4 is 23.7 Å². The molecule has 0 atom stereocenters. The molecule has 138 valence electrons. The van der Waals surface area contributed by atoms with Crippen molar-refractivity contribution in [3.05, 3.63) is 41.0 Å². The third-order valence-electron chi connectivity index (χ3n) is 3.85.